The van der Waals surface area contributed by atoms with Gasteiger partial charge < -0.3 is 4.42 Å². The van der Waals surface area contributed by atoms with Gasteiger partial charge in [0, 0.05) is 6.54 Å². The Morgan fingerprint density at radius 1 is 1.32 bits per heavy atom. The van der Waals surface area contributed by atoms with Crippen LogP contribution in [0.1, 0.15) is 16.9 Å². The van der Waals surface area contributed by atoms with Crippen molar-refractivity contribution in [3.05, 3.63) is 72.2 Å². The Morgan fingerprint density at radius 2 is 2.12 bits per heavy atom. The lowest BCUT2D eigenvalue weighted by atomic mass is 10.1. The molecule has 6 heteroatoms. The number of rotatable bonds is 6. The molecule has 2 heterocycles. The number of amidine groups is 1. The van der Waals surface area contributed by atoms with Crippen LogP contribution in [-0.2, 0) is 11.2 Å². The lowest BCUT2D eigenvalue weighted by Gasteiger charge is -2.12. The Kier molecular flexibility index (Phi) is 5.50. The third-order valence-electron chi connectivity index (χ3n) is 3.74. The summed E-state index contributed by atoms with van der Waals surface area (Å²) in [5.74, 6) is 0.655. The first-order valence-corrected chi connectivity index (χ1v) is 8.84. The molecule has 0 saturated carbocycles. The van der Waals surface area contributed by atoms with Gasteiger partial charge in [0.1, 0.15) is 5.76 Å². The average molecular weight is 353 g/mol. The van der Waals surface area contributed by atoms with Gasteiger partial charge >= 0.3 is 0 Å². The highest BCUT2D eigenvalue weighted by Crippen LogP contribution is 2.30. The van der Waals surface area contributed by atoms with Gasteiger partial charge in [0.05, 0.1) is 17.7 Å². The maximum atomic E-state index is 12.7. The first-order valence-electron chi connectivity index (χ1n) is 7.96. The van der Waals surface area contributed by atoms with Crippen molar-refractivity contribution in [3.8, 4) is 0 Å². The van der Waals surface area contributed by atoms with E-state index in [-0.39, 0.29) is 11.2 Å². The number of hydrogen-bond donors (Lipinski definition) is 0. The fourth-order valence-electron chi connectivity index (χ4n) is 2.45. The van der Waals surface area contributed by atoms with Crippen LogP contribution in [0.2, 0.25) is 0 Å². The summed E-state index contributed by atoms with van der Waals surface area (Å²) in [7, 11) is 0. The van der Waals surface area contributed by atoms with E-state index >= 15 is 0 Å². The summed E-state index contributed by atoms with van der Waals surface area (Å²) in [6.45, 7) is 6.19. The van der Waals surface area contributed by atoms with Gasteiger partial charge in [-0.1, -0.05) is 47.7 Å². The predicted molar refractivity (Wildman–Crippen MR) is 102 cm³/mol. The van der Waals surface area contributed by atoms with E-state index in [2.05, 4.69) is 41.0 Å². The maximum absolute atomic E-state index is 12.7. The lowest BCUT2D eigenvalue weighted by molar-refractivity contribution is -0.125. The zero-order valence-electron chi connectivity index (χ0n) is 14.0. The fourth-order valence-corrected chi connectivity index (χ4v) is 3.60. The Bertz CT molecular complexity index is 795. The summed E-state index contributed by atoms with van der Waals surface area (Å²) in [5, 5.41) is 8.63. The van der Waals surface area contributed by atoms with Gasteiger partial charge in [0.25, 0.3) is 0 Å². The molecule has 1 atom stereocenters. The number of nitrogens with zero attached hydrogens (tertiary/aromatic N) is 3. The van der Waals surface area contributed by atoms with Gasteiger partial charge in [-0.05, 0) is 31.0 Å². The van der Waals surface area contributed by atoms with Crippen LogP contribution in [0.15, 0.2) is 69.9 Å². The Morgan fingerprint density at radius 3 is 2.80 bits per heavy atom. The number of furan rings is 1. The van der Waals surface area contributed by atoms with Crippen molar-refractivity contribution in [2.75, 3.05) is 6.54 Å². The van der Waals surface area contributed by atoms with Gasteiger partial charge in [-0.25, -0.2) is 0 Å². The Labute approximate surface area is 151 Å². The van der Waals surface area contributed by atoms with E-state index in [0.717, 1.165) is 5.56 Å². The summed E-state index contributed by atoms with van der Waals surface area (Å²) >= 11 is 1.44. The van der Waals surface area contributed by atoms with Gasteiger partial charge in [-0.2, -0.15) is 5.10 Å². The summed E-state index contributed by atoms with van der Waals surface area (Å²) in [5.41, 5.74) is 2.34. The van der Waals surface area contributed by atoms with Crippen LogP contribution in [0.5, 0.6) is 0 Å². The van der Waals surface area contributed by atoms with Crippen LogP contribution in [0.3, 0.4) is 0 Å². The van der Waals surface area contributed by atoms with Crippen LogP contribution >= 0.6 is 11.8 Å². The van der Waals surface area contributed by atoms with Crippen molar-refractivity contribution in [1.82, 2.24) is 4.90 Å². The fraction of sp³-hybridized carbons (Fsp3) is 0.211. The molecule has 0 aliphatic carbocycles. The molecule has 5 nitrogen and oxygen atoms in total. The zero-order valence-corrected chi connectivity index (χ0v) is 14.8. The Hall–Kier alpha value is -2.60. The molecule has 1 fully saturated rings. The SMILES string of the molecule is C=CCN1C(=O)[C@@H](Cc2ccc(C)cc2)S/C1=N\N=C/c1ccco1. The molecule has 25 heavy (non-hydrogen) atoms. The third kappa shape index (κ3) is 4.28. The monoisotopic (exact) mass is 353 g/mol. The molecule has 0 bridgehead atoms. The molecular weight excluding hydrogens is 334 g/mol. The minimum absolute atomic E-state index is 0.0393. The zero-order chi connectivity index (χ0) is 17.6. The standard InChI is InChI=1S/C19H19N3O2S/c1-3-10-22-18(23)17(12-15-8-6-14(2)7-9-15)25-19(22)21-20-13-16-5-4-11-24-16/h3-9,11,13,17H,1,10,12H2,2H3/b20-13-,21-19-/t17-/m1/s1. The molecule has 0 N–H and O–H groups in total. The van der Waals surface area contributed by atoms with Gasteiger partial charge in [0.15, 0.2) is 5.17 Å². The van der Waals surface area contributed by atoms with Crippen LogP contribution < -0.4 is 0 Å². The molecule has 0 unspecified atom stereocenters. The van der Waals surface area contributed by atoms with Crippen molar-refractivity contribution >= 4 is 29.1 Å². The van der Waals surface area contributed by atoms with E-state index in [1.807, 2.05) is 6.92 Å². The van der Waals surface area contributed by atoms with Gasteiger partial charge in [-0.15, -0.1) is 11.7 Å². The van der Waals surface area contributed by atoms with Gasteiger partial charge in [0.2, 0.25) is 5.91 Å². The maximum Gasteiger partial charge on any atom is 0.242 e. The van der Waals surface area contributed by atoms with E-state index in [1.54, 1.807) is 29.4 Å². The molecule has 128 valence electrons. The molecule has 1 amide bonds. The molecule has 1 aliphatic rings. The molecule has 1 saturated heterocycles. The van der Waals surface area contributed by atoms with Gasteiger partial charge in [-0.3, -0.25) is 9.69 Å². The average Bonchev–Trinajstić information content (AvgIpc) is 3.21. The second-order valence-electron chi connectivity index (χ2n) is 5.68. The van der Waals surface area contributed by atoms with Crippen LogP contribution in [-0.4, -0.2) is 34.0 Å². The van der Waals surface area contributed by atoms with Crippen molar-refractivity contribution in [2.24, 2.45) is 10.2 Å². The molecule has 3 rings (SSSR count). The number of carbonyl (C=O) groups is 1. The summed E-state index contributed by atoms with van der Waals surface area (Å²) in [6, 6.07) is 11.8. The van der Waals surface area contributed by atoms with Crippen LogP contribution in [0.25, 0.3) is 0 Å². The molecule has 1 aromatic carbocycles. The Balaban J connectivity index is 1.74. The normalized spacial score (nSPS) is 19.2. The largest absolute Gasteiger partial charge is 0.463 e. The minimum atomic E-state index is -0.194. The molecular formula is C19H19N3O2S. The highest BCUT2D eigenvalue weighted by Gasteiger charge is 2.37. The number of carbonyl (C=O) groups excluding carboxylic acids is 1. The minimum Gasteiger partial charge on any atom is -0.463 e. The number of amides is 1. The first-order chi connectivity index (χ1) is 12.2. The van der Waals surface area contributed by atoms with E-state index < -0.39 is 0 Å². The van der Waals surface area contributed by atoms with Crippen LogP contribution in [0.4, 0.5) is 0 Å². The number of benzene rings is 1. The smallest absolute Gasteiger partial charge is 0.242 e. The van der Waals surface area contributed by atoms with Crippen molar-refractivity contribution in [1.29, 1.82) is 0 Å². The van der Waals surface area contributed by atoms with Crippen LogP contribution in [0, 0.1) is 6.92 Å². The first kappa shape index (κ1) is 17.2. The second kappa shape index (κ2) is 7.98. The summed E-state index contributed by atoms with van der Waals surface area (Å²) in [6.07, 6.45) is 5.46. The third-order valence-corrected chi connectivity index (χ3v) is 4.91. The quantitative estimate of drug-likeness (QED) is 0.452. The topological polar surface area (TPSA) is 58.2 Å². The lowest BCUT2D eigenvalue weighted by Crippen LogP contribution is -2.32. The molecule has 1 aliphatic heterocycles. The number of aryl methyl sites for hydroxylation is 1. The predicted octanol–water partition coefficient (Wildman–Crippen LogP) is 3.65. The van der Waals surface area contributed by atoms with E-state index in [4.69, 9.17) is 4.42 Å². The summed E-state index contributed by atoms with van der Waals surface area (Å²) in [4.78, 5) is 14.3. The molecule has 0 radical (unpaired) electrons. The highest BCUT2D eigenvalue weighted by atomic mass is 32.2. The number of thioether (sulfide) groups is 1. The second-order valence-corrected chi connectivity index (χ2v) is 6.85. The molecule has 2 aromatic rings. The highest BCUT2D eigenvalue weighted by molar-refractivity contribution is 8.15. The summed E-state index contributed by atoms with van der Waals surface area (Å²) < 4.78 is 5.18. The number of hydrogen-bond acceptors (Lipinski definition) is 5. The van der Waals surface area contributed by atoms with E-state index in [9.17, 15) is 4.79 Å². The van der Waals surface area contributed by atoms with E-state index in [0.29, 0.717) is 23.9 Å². The van der Waals surface area contributed by atoms with E-state index in [1.165, 1.54) is 23.5 Å². The molecule has 1 aromatic heterocycles. The molecule has 0 spiro atoms. The van der Waals surface area contributed by atoms with Crippen molar-refractivity contribution < 1.29 is 9.21 Å². The van der Waals surface area contributed by atoms with Crippen molar-refractivity contribution in [2.45, 2.75) is 18.6 Å². The van der Waals surface area contributed by atoms with Crippen molar-refractivity contribution in [3.63, 3.8) is 0 Å².